The third-order valence-corrected chi connectivity index (χ3v) is 7.59. The van der Waals surface area contributed by atoms with E-state index in [1.165, 1.54) is 18.2 Å². The van der Waals surface area contributed by atoms with Gasteiger partial charge in [0.05, 0.1) is 5.56 Å². The highest BCUT2D eigenvalue weighted by Gasteiger charge is 2.53. The SMILES string of the molecule is CN(C)c1ccc2c(c1)Oc1cc(N(C)C)ccc1C21OC(=O)c2cc(C(=O)NCCN3C(=O)C=CC3=O)ccc21. The summed E-state index contributed by atoms with van der Waals surface area (Å²) in [5.41, 5.74) is 3.11. The number of carbonyl (C=O) groups excluding carboxylic acids is 4. The average molecular weight is 553 g/mol. The largest absolute Gasteiger partial charge is 0.456 e. The van der Waals surface area contributed by atoms with Crippen molar-refractivity contribution >= 4 is 35.1 Å². The highest BCUT2D eigenvalue weighted by molar-refractivity contribution is 6.13. The van der Waals surface area contributed by atoms with E-state index < -0.39 is 29.3 Å². The maximum absolute atomic E-state index is 13.4. The number of nitrogens with one attached hydrogen (secondary N) is 1. The molecule has 0 saturated heterocycles. The van der Waals surface area contributed by atoms with E-state index in [2.05, 4.69) is 5.32 Å². The number of benzene rings is 3. The van der Waals surface area contributed by atoms with Crippen LogP contribution in [0.5, 0.6) is 11.5 Å². The van der Waals surface area contributed by atoms with E-state index in [-0.39, 0.29) is 24.2 Å². The Bertz CT molecular complexity index is 1600. The average Bonchev–Trinajstić information content (AvgIpc) is 3.43. The lowest BCUT2D eigenvalue weighted by atomic mass is 9.77. The fourth-order valence-electron chi connectivity index (χ4n) is 5.44. The molecule has 3 amide bonds. The molecule has 0 saturated carbocycles. The maximum atomic E-state index is 13.4. The Kier molecular flexibility index (Phi) is 6.06. The normalized spacial score (nSPS) is 15.7. The molecule has 3 aliphatic heterocycles. The molecule has 0 aromatic heterocycles. The van der Waals surface area contributed by atoms with Gasteiger partial charge in [-0.25, -0.2) is 4.79 Å². The van der Waals surface area contributed by atoms with Gasteiger partial charge in [-0.15, -0.1) is 0 Å². The number of rotatable bonds is 6. The van der Waals surface area contributed by atoms with Crippen LogP contribution in [0, 0.1) is 0 Å². The van der Waals surface area contributed by atoms with E-state index in [1.807, 2.05) is 74.4 Å². The number of hydrogen-bond donors (Lipinski definition) is 1. The number of carbonyl (C=O) groups is 4. The van der Waals surface area contributed by atoms with Crippen LogP contribution in [0.15, 0.2) is 66.7 Å². The number of hydrogen-bond acceptors (Lipinski definition) is 8. The first kappa shape index (κ1) is 26.1. The van der Waals surface area contributed by atoms with Crippen molar-refractivity contribution in [3.05, 3.63) is 94.6 Å². The highest BCUT2D eigenvalue weighted by atomic mass is 16.6. The summed E-state index contributed by atoms with van der Waals surface area (Å²) >= 11 is 0. The standard InChI is InChI=1S/C31H28N4O6/c1-33(2)19-6-9-23-25(16-19)40-26-17-20(34(3)4)7-10-24(26)31(23)22-8-5-18(15-21(22)30(39)41-31)29(38)32-13-14-35-27(36)11-12-28(35)37/h5-12,15-17H,13-14H2,1-4H3,(H,32,38). The second-order valence-corrected chi connectivity index (χ2v) is 10.5. The van der Waals surface area contributed by atoms with Crippen LogP contribution in [0.3, 0.4) is 0 Å². The number of imide groups is 1. The van der Waals surface area contributed by atoms with Crippen molar-refractivity contribution in [2.24, 2.45) is 0 Å². The molecule has 1 spiro atoms. The Morgan fingerprint density at radius 1 is 0.805 bits per heavy atom. The predicted octanol–water partition coefficient (Wildman–Crippen LogP) is 3.04. The van der Waals surface area contributed by atoms with Gasteiger partial charge in [-0.05, 0) is 36.4 Å². The fraction of sp³-hybridized carbons (Fsp3) is 0.226. The minimum Gasteiger partial charge on any atom is -0.456 e. The van der Waals surface area contributed by atoms with Gasteiger partial charge in [0.15, 0.2) is 5.60 Å². The zero-order valence-corrected chi connectivity index (χ0v) is 23.1. The maximum Gasteiger partial charge on any atom is 0.340 e. The molecule has 0 atom stereocenters. The molecule has 0 aliphatic carbocycles. The van der Waals surface area contributed by atoms with Gasteiger partial charge in [-0.3, -0.25) is 19.3 Å². The number of amides is 3. The summed E-state index contributed by atoms with van der Waals surface area (Å²) in [6, 6.07) is 16.5. The predicted molar refractivity (Wildman–Crippen MR) is 152 cm³/mol. The van der Waals surface area contributed by atoms with Crippen molar-refractivity contribution in [2.75, 3.05) is 51.1 Å². The van der Waals surface area contributed by atoms with Crippen LogP contribution < -0.4 is 19.9 Å². The quantitative estimate of drug-likeness (QED) is 0.367. The second kappa shape index (κ2) is 9.51. The molecule has 3 aliphatic rings. The number of fused-ring (bicyclic) bond motifs is 6. The van der Waals surface area contributed by atoms with Crippen LogP contribution >= 0.6 is 0 Å². The van der Waals surface area contributed by atoms with Crippen molar-refractivity contribution in [3.63, 3.8) is 0 Å². The van der Waals surface area contributed by atoms with Crippen LogP contribution in [0.1, 0.15) is 37.4 Å². The summed E-state index contributed by atoms with van der Waals surface area (Å²) in [4.78, 5) is 54.9. The molecule has 10 nitrogen and oxygen atoms in total. The second-order valence-electron chi connectivity index (χ2n) is 10.5. The molecule has 10 heteroatoms. The zero-order valence-electron chi connectivity index (χ0n) is 23.1. The minimum atomic E-state index is -1.26. The van der Waals surface area contributed by atoms with Gasteiger partial charge in [-0.1, -0.05) is 6.07 Å². The highest BCUT2D eigenvalue weighted by Crippen LogP contribution is 2.57. The first-order valence-corrected chi connectivity index (χ1v) is 13.1. The van der Waals surface area contributed by atoms with Gasteiger partial charge in [0.2, 0.25) is 0 Å². The third-order valence-electron chi connectivity index (χ3n) is 7.59. The van der Waals surface area contributed by atoms with Gasteiger partial charge in [0, 0.05) is 99.2 Å². The molecular formula is C31H28N4O6. The molecule has 3 heterocycles. The van der Waals surface area contributed by atoms with Crippen molar-refractivity contribution in [3.8, 4) is 11.5 Å². The van der Waals surface area contributed by atoms with Crippen LogP contribution in [-0.4, -0.2) is 69.9 Å². The summed E-state index contributed by atoms with van der Waals surface area (Å²) in [5, 5.41) is 2.71. The van der Waals surface area contributed by atoms with E-state index >= 15 is 0 Å². The van der Waals surface area contributed by atoms with Crippen LogP contribution in [0.25, 0.3) is 0 Å². The van der Waals surface area contributed by atoms with E-state index in [0.717, 1.165) is 16.3 Å². The van der Waals surface area contributed by atoms with Crippen molar-refractivity contribution < 1.29 is 28.7 Å². The van der Waals surface area contributed by atoms with Gasteiger partial charge < -0.3 is 24.6 Å². The molecule has 0 bridgehead atoms. The fourth-order valence-corrected chi connectivity index (χ4v) is 5.44. The smallest absolute Gasteiger partial charge is 0.340 e. The van der Waals surface area contributed by atoms with E-state index in [4.69, 9.17) is 9.47 Å². The Balaban J connectivity index is 1.38. The van der Waals surface area contributed by atoms with Crippen molar-refractivity contribution in [2.45, 2.75) is 5.60 Å². The first-order valence-electron chi connectivity index (χ1n) is 13.1. The Hall–Kier alpha value is -5.12. The van der Waals surface area contributed by atoms with Crippen molar-refractivity contribution in [1.82, 2.24) is 10.2 Å². The summed E-state index contributed by atoms with van der Waals surface area (Å²) in [5.74, 6) is -0.677. The Morgan fingerprint density at radius 2 is 1.37 bits per heavy atom. The van der Waals surface area contributed by atoms with E-state index in [1.54, 1.807) is 12.1 Å². The molecule has 6 rings (SSSR count). The van der Waals surface area contributed by atoms with Gasteiger partial charge in [0.25, 0.3) is 17.7 Å². The molecule has 1 N–H and O–H groups in total. The van der Waals surface area contributed by atoms with Crippen molar-refractivity contribution in [1.29, 1.82) is 0 Å². The van der Waals surface area contributed by atoms with Gasteiger partial charge in [-0.2, -0.15) is 0 Å². The molecule has 3 aromatic carbocycles. The molecule has 0 unspecified atom stereocenters. The monoisotopic (exact) mass is 552 g/mol. The number of nitrogens with zero attached hydrogens (tertiary/aromatic N) is 3. The van der Waals surface area contributed by atoms with Gasteiger partial charge in [0.1, 0.15) is 11.5 Å². The zero-order chi connectivity index (χ0) is 29.1. The van der Waals surface area contributed by atoms with Crippen LogP contribution in [-0.2, 0) is 19.9 Å². The van der Waals surface area contributed by atoms with Gasteiger partial charge >= 0.3 is 5.97 Å². The first-order chi connectivity index (χ1) is 19.6. The molecule has 0 radical (unpaired) electrons. The Morgan fingerprint density at radius 3 is 1.93 bits per heavy atom. The van der Waals surface area contributed by atoms with E-state index in [0.29, 0.717) is 28.2 Å². The topological polar surface area (TPSA) is 108 Å². The number of ether oxygens (including phenoxy) is 2. The summed E-state index contributed by atoms with van der Waals surface area (Å²) in [6.07, 6.45) is 2.39. The summed E-state index contributed by atoms with van der Waals surface area (Å²) < 4.78 is 12.6. The minimum absolute atomic E-state index is 0.0456. The molecular weight excluding hydrogens is 524 g/mol. The van der Waals surface area contributed by atoms with Crippen LogP contribution in [0.4, 0.5) is 11.4 Å². The molecule has 41 heavy (non-hydrogen) atoms. The van der Waals surface area contributed by atoms with E-state index in [9.17, 15) is 19.2 Å². The molecule has 208 valence electrons. The Labute approximate surface area is 236 Å². The summed E-state index contributed by atoms with van der Waals surface area (Å²) in [7, 11) is 7.75. The summed E-state index contributed by atoms with van der Waals surface area (Å²) in [6.45, 7) is 0.119. The molecule has 3 aromatic rings. The number of anilines is 2. The molecule has 0 fully saturated rings. The number of esters is 1. The van der Waals surface area contributed by atoms with Crippen LogP contribution in [0.2, 0.25) is 0 Å². The lowest BCUT2D eigenvalue weighted by Crippen LogP contribution is -2.38. The third kappa shape index (κ3) is 4.10. The lowest BCUT2D eigenvalue weighted by molar-refractivity contribution is -0.136. The lowest BCUT2D eigenvalue weighted by Gasteiger charge is -2.37.